The van der Waals surface area contributed by atoms with Crippen molar-refractivity contribution in [3.63, 3.8) is 0 Å². The molecule has 0 unspecified atom stereocenters. The topological polar surface area (TPSA) is 94.3 Å². The lowest BCUT2D eigenvalue weighted by molar-refractivity contribution is -0.139. The fourth-order valence-corrected chi connectivity index (χ4v) is 1.70. The van der Waals surface area contributed by atoms with Crippen molar-refractivity contribution in [2.45, 2.75) is 12.8 Å². The number of nitrogens with one attached hydrogen (secondary N) is 1. The van der Waals surface area contributed by atoms with Gasteiger partial charge in [0.25, 0.3) is 0 Å². The van der Waals surface area contributed by atoms with Crippen LogP contribution in [-0.4, -0.2) is 30.5 Å². The van der Waals surface area contributed by atoms with Gasteiger partial charge in [-0.05, 0) is 0 Å². The highest BCUT2D eigenvalue weighted by atomic mass is 32.1. The zero-order valence-corrected chi connectivity index (χ0v) is 9.67. The number of carbonyl (C=O) groups excluding carboxylic acids is 2. The molecule has 0 saturated carbocycles. The molecule has 3 N–H and O–H groups in total. The summed E-state index contributed by atoms with van der Waals surface area (Å²) in [7, 11) is 1.32. The zero-order chi connectivity index (χ0) is 12.0. The van der Waals surface area contributed by atoms with E-state index in [0.29, 0.717) is 17.4 Å². The number of carbonyl (C=O) groups is 2. The molecule has 1 rings (SSSR count). The normalized spacial score (nSPS) is 9.88. The Balaban J connectivity index is 2.51. The molecular weight excluding hydrogens is 230 g/mol. The zero-order valence-electron chi connectivity index (χ0n) is 8.86. The van der Waals surface area contributed by atoms with Gasteiger partial charge in [-0.1, -0.05) is 0 Å². The molecule has 0 aliphatic heterocycles. The van der Waals surface area contributed by atoms with Crippen molar-refractivity contribution in [1.29, 1.82) is 0 Å². The van der Waals surface area contributed by atoms with E-state index in [0.717, 1.165) is 0 Å². The summed E-state index contributed by atoms with van der Waals surface area (Å²) in [5.41, 5.74) is 5.82. The summed E-state index contributed by atoms with van der Waals surface area (Å²) in [6.07, 6.45) is 0.367. The fraction of sp³-hybridized carbons (Fsp3) is 0.444. The number of nitrogens with zero attached hydrogens (tertiary/aromatic N) is 1. The standard InChI is InChI=1S/C9H13N3O3S/c1-15-8(14)4-6-5-16-9(11-6)12-7(13)2-3-10/h5H,2-4,10H2,1H3,(H,11,12,13). The van der Waals surface area contributed by atoms with Crippen LogP contribution in [0.4, 0.5) is 5.13 Å². The second kappa shape index (κ2) is 6.19. The van der Waals surface area contributed by atoms with Gasteiger partial charge in [0.05, 0.1) is 19.2 Å². The number of esters is 1. The molecule has 0 saturated heterocycles. The number of thiazole rings is 1. The molecule has 1 heterocycles. The van der Waals surface area contributed by atoms with Crippen LogP contribution < -0.4 is 11.1 Å². The van der Waals surface area contributed by atoms with Crippen LogP contribution in [0.3, 0.4) is 0 Å². The van der Waals surface area contributed by atoms with E-state index in [-0.39, 0.29) is 24.7 Å². The van der Waals surface area contributed by atoms with Crippen LogP contribution in [0.5, 0.6) is 0 Å². The minimum absolute atomic E-state index is 0.111. The number of rotatable bonds is 5. The molecule has 0 aromatic carbocycles. The molecule has 0 atom stereocenters. The maximum atomic E-state index is 11.2. The maximum absolute atomic E-state index is 11.2. The Morgan fingerprint density at radius 2 is 2.38 bits per heavy atom. The fourth-order valence-electron chi connectivity index (χ4n) is 0.978. The molecule has 7 heteroatoms. The van der Waals surface area contributed by atoms with Crippen LogP contribution in [-0.2, 0) is 20.7 Å². The Labute approximate surface area is 96.8 Å². The van der Waals surface area contributed by atoms with Crippen molar-refractivity contribution in [2.75, 3.05) is 19.0 Å². The summed E-state index contributed by atoms with van der Waals surface area (Å²) in [4.78, 5) is 26.2. The molecule has 0 spiro atoms. The molecule has 1 aromatic heterocycles. The van der Waals surface area contributed by atoms with E-state index in [9.17, 15) is 9.59 Å². The third kappa shape index (κ3) is 3.95. The molecule has 6 nitrogen and oxygen atoms in total. The third-order valence-electron chi connectivity index (χ3n) is 1.72. The van der Waals surface area contributed by atoms with Gasteiger partial charge >= 0.3 is 5.97 Å². The number of anilines is 1. The Kier molecular flexibility index (Phi) is 4.87. The first kappa shape index (κ1) is 12.6. The first-order valence-corrected chi connectivity index (χ1v) is 5.54. The van der Waals surface area contributed by atoms with Crippen LogP contribution >= 0.6 is 11.3 Å². The average Bonchev–Trinajstić information content (AvgIpc) is 2.65. The monoisotopic (exact) mass is 243 g/mol. The molecular formula is C9H13N3O3S. The van der Waals surface area contributed by atoms with Gasteiger partial charge in [0.2, 0.25) is 5.91 Å². The first-order chi connectivity index (χ1) is 7.65. The summed E-state index contributed by atoms with van der Waals surface area (Å²) in [5.74, 6) is -0.536. The summed E-state index contributed by atoms with van der Waals surface area (Å²) >= 11 is 1.26. The Morgan fingerprint density at radius 3 is 3.00 bits per heavy atom. The molecule has 0 fully saturated rings. The van der Waals surface area contributed by atoms with E-state index < -0.39 is 0 Å². The van der Waals surface area contributed by atoms with E-state index in [1.54, 1.807) is 5.38 Å². The Hall–Kier alpha value is -1.47. The predicted molar refractivity (Wildman–Crippen MR) is 60.1 cm³/mol. The van der Waals surface area contributed by atoms with Crippen molar-refractivity contribution in [2.24, 2.45) is 5.73 Å². The second-order valence-corrected chi connectivity index (χ2v) is 3.84. The lowest BCUT2D eigenvalue weighted by atomic mass is 10.3. The van der Waals surface area contributed by atoms with E-state index >= 15 is 0 Å². The van der Waals surface area contributed by atoms with Gasteiger partial charge in [0.1, 0.15) is 0 Å². The predicted octanol–water partition coefficient (Wildman–Crippen LogP) is 0.146. The number of hydrogen-bond donors (Lipinski definition) is 2. The van der Waals surface area contributed by atoms with E-state index in [1.807, 2.05) is 0 Å². The average molecular weight is 243 g/mol. The number of methoxy groups -OCH3 is 1. The van der Waals surface area contributed by atoms with Crippen LogP contribution in [0.1, 0.15) is 12.1 Å². The van der Waals surface area contributed by atoms with Crippen molar-refractivity contribution in [1.82, 2.24) is 4.98 Å². The Morgan fingerprint density at radius 1 is 1.62 bits per heavy atom. The number of amides is 1. The first-order valence-electron chi connectivity index (χ1n) is 4.67. The maximum Gasteiger partial charge on any atom is 0.311 e. The van der Waals surface area contributed by atoms with Crippen molar-refractivity contribution < 1.29 is 14.3 Å². The molecule has 1 aromatic rings. The minimum atomic E-state index is -0.356. The van der Waals surface area contributed by atoms with Gasteiger partial charge in [0.15, 0.2) is 5.13 Å². The molecule has 1 amide bonds. The highest BCUT2D eigenvalue weighted by Gasteiger charge is 2.09. The minimum Gasteiger partial charge on any atom is -0.469 e. The molecule has 0 radical (unpaired) electrons. The summed E-state index contributed by atoms with van der Waals surface area (Å²) in [6, 6.07) is 0. The van der Waals surface area contributed by atoms with E-state index in [2.05, 4.69) is 15.0 Å². The summed E-state index contributed by atoms with van der Waals surface area (Å²) < 4.78 is 4.50. The van der Waals surface area contributed by atoms with Gasteiger partial charge in [-0.3, -0.25) is 9.59 Å². The van der Waals surface area contributed by atoms with Gasteiger partial charge in [0, 0.05) is 18.3 Å². The van der Waals surface area contributed by atoms with Gasteiger partial charge in [-0.2, -0.15) is 0 Å². The number of nitrogens with two attached hydrogens (primary N) is 1. The van der Waals surface area contributed by atoms with Crippen LogP contribution in [0, 0.1) is 0 Å². The number of ether oxygens (including phenoxy) is 1. The van der Waals surface area contributed by atoms with Crippen LogP contribution in [0.2, 0.25) is 0 Å². The van der Waals surface area contributed by atoms with E-state index in [4.69, 9.17) is 5.73 Å². The highest BCUT2D eigenvalue weighted by molar-refractivity contribution is 7.13. The summed E-state index contributed by atoms with van der Waals surface area (Å²) in [6.45, 7) is 0.298. The lowest BCUT2D eigenvalue weighted by Crippen LogP contribution is -2.16. The van der Waals surface area contributed by atoms with Crippen molar-refractivity contribution in [3.8, 4) is 0 Å². The van der Waals surface area contributed by atoms with Gasteiger partial charge < -0.3 is 15.8 Å². The van der Waals surface area contributed by atoms with Gasteiger partial charge in [-0.25, -0.2) is 4.98 Å². The number of hydrogen-bond acceptors (Lipinski definition) is 6. The SMILES string of the molecule is COC(=O)Cc1csc(NC(=O)CCN)n1. The molecule has 16 heavy (non-hydrogen) atoms. The van der Waals surface area contributed by atoms with E-state index in [1.165, 1.54) is 18.4 Å². The molecule has 0 aliphatic rings. The quantitative estimate of drug-likeness (QED) is 0.718. The van der Waals surface area contributed by atoms with Crippen molar-refractivity contribution in [3.05, 3.63) is 11.1 Å². The van der Waals surface area contributed by atoms with Crippen LogP contribution in [0.25, 0.3) is 0 Å². The van der Waals surface area contributed by atoms with Crippen molar-refractivity contribution >= 4 is 28.3 Å². The highest BCUT2D eigenvalue weighted by Crippen LogP contribution is 2.16. The third-order valence-corrected chi connectivity index (χ3v) is 2.53. The second-order valence-electron chi connectivity index (χ2n) is 2.98. The van der Waals surface area contributed by atoms with Crippen LogP contribution in [0.15, 0.2) is 5.38 Å². The smallest absolute Gasteiger partial charge is 0.311 e. The lowest BCUT2D eigenvalue weighted by Gasteiger charge is -1.98. The molecule has 0 aliphatic carbocycles. The summed E-state index contributed by atoms with van der Waals surface area (Å²) in [5, 5.41) is 4.76. The number of aromatic nitrogens is 1. The van der Waals surface area contributed by atoms with Gasteiger partial charge in [-0.15, -0.1) is 11.3 Å². The largest absolute Gasteiger partial charge is 0.469 e. The molecule has 88 valence electrons. The molecule has 0 bridgehead atoms. The Bertz CT molecular complexity index is 378.